The molecular formula is C13H18N2O2. The summed E-state index contributed by atoms with van der Waals surface area (Å²) in [7, 11) is 2.03. The second-order valence-corrected chi connectivity index (χ2v) is 4.86. The van der Waals surface area contributed by atoms with E-state index in [4.69, 9.17) is 5.11 Å². The molecule has 1 aromatic heterocycles. The Kier molecular flexibility index (Phi) is 3.05. The number of carboxylic acid groups (broad SMARTS) is 1. The van der Waals surface area contributed by atoms with Crippen LogP contribution in [0.25, 0.3) is 0 Å². The average Bonchev–Trinajstić information content (AvgIpc) is 3.10. The smallest absolute Gasteiger partial charge is 0.337 e. The molecule has 1 aliphatic carbocycles. The summed E-state index contributed by atoms with van der Waals surface area (Å²) in [6, 6.07) is 2.15. The SMILES string of the molecule is Cc1cc(C(=O)O)cnc1N(C)C(C)C1CC1. The van der Waals surface area contributed by atoms with Gasteiger partial charge in [0.2, 0.25) is 0 Å². The highest BCUT2D eigenvalue weighted by molar-refractivity contribution is 5.87. The number of pyridine rings is 1. The first-order valence-electron chi connectivity index (χ1n) is 5.93. The molecule has 0 aromatic carbocycles. The van der Waals surface area contributed by atoms with E-state index in [2.05, 4.69) is 16.8 Å². The molecule has 0 radical (unpaired) electrons. The highest BCUT2D eigenvalue weighted by atomic mass is 16.4. The van der Waals surface area contributed by atoms with Crippen LogP contribution in [0.5, 0.6) is 0 Å². The minimum Gasteiger partial charge on any atom is -0.478 e. The Bertz CT molecular complexity index is 441. The summed E-state index contributed by atoms with van der Waals surface area (Å²) in [6.07, 6.45) is 4.01. The van der Waals surface area contributed by atoms with Crippen LogP contribution in [0.2, 0.25) is 0 Å². The van der Waals surface area contributed by atoms with Gasteiger partial charge < -0.3 is 10.0 Å². The van der Waals surface area contributed by atoms with E-state index in [0.717, 1.165) is 17.3 Å². The largest absolute Gasteiger partial charge is 0.478 e. The molecule has 4 heteroatoms. The summed E-state index contributed by atoms with van der Waals surface area (Å²) in [5.74, 6) is 0.722. The molecule has 0 amide bonds. The maximum Gasteiger partial charge on any atom is 0.337 e. The highest BCUT2D eigenvalue weighted by Gasteiger charge is 2.31. The fraction of sp³-hybridized carbons (Fsp3) is 0.538. The number of carboxylic acids is 1. The molecule has 0 spiro atoms. The van der Waals surface area contributed by atoms with Gasteiger partial charge in [0, 0.05) is 19.3 Å². The summed E-state index contributed by atoms with van der Waals surface area (Å²) >= 11 is 0. The lowest BCUT2D eigenvalue weighted by Gasteiger charge is -2.27. The Hall–Kier alpha value is -1.58. The number of aromatic nitrogens is 1. The predicted molar refractivity (Wildman–Crippen MR) is 66.5 cm³/mol. The maximum absolute atomic E-state index is 10.8. The molecule has 1 N–H and O–H groups in total. The predicted octanol–water partition coefficient (Wildman–Crippen LogP) is 2.32. The number of hydrogen-bond donors (Lipinski definition) is 1. The van der Waals surface area contributed by atoms with Gasteiger partial charge in [-0.25, -0.2) is 9.78 Å². The monoisotopic (exact) mass is 234 g/mol. The lowest BCUT2D eigenvalue weighted by Crippen LogP contribution is -2.31. The number of rotatable bonds is 4. The van der Waals surface area contributed by atoms with Gasteiger partial charge in [-0.3, -0.25) is 0 Å². The van der Waals surface area contributed by atoms with Crippen molar-refractivity contribution in [3.63, 3.8) is 0 Å². The van der Waals surface area contributed by atoms with Crippen molar-refractivity contribution in [1.82, 2.24) is 4.98 Å². The van der Waals surface area contributed by atoms with Gasteiger partial charge in [-0.15, -0.1) is 0 Å². The summed E-state index contributed by atoms with van der Waals surface area (Å²) < 4.78 is 0. The molecule has 1 heterocycles. The number of aromatic carboxylic acids is 1. The molecule has 0 saturated heterocycles. The second-order valence-electron chi connectivity index (χ2n) is 4.86. The van der Waals surface area contributed by atoms with Gasteiger partial charge in [0.15, 0.2) is 0 Å². The van der Waals surface area contributed by atoms with Crippen LogP contribution in [0.15, 0.2) is 12.3 Å². The van der Waals surface area contributed by atoms with Crippen LogP contribution in [0.4, 0.5) is 5.82 Å². The first-order valence-corrected chi connectivity index (χ1v) is 5.93. The van der Waals surface area contributed by atoms with E-state index in [0.29, 0.717) is 6.04 Å². The number of nitrogens with zero attached hydrogens (tertiary/aromatic N) is 2. The zero-order chi connectivity index (χ0) is 12.6. The maximum atomic E-state index is 10.8. The molecule has 2 rings (SSSR count). The molecule has 1 atom stereocenters. The molecule has 17 heavy (non-hydrogen) atoms. The van der Waals surface area contributed by atoms with Crippen molar-refractivity contribution in [2.24, 2.45) is 5.92 Å². The molecule has 0 bridgehead atoms. The quantitative estimate of drug-likeness (QED) is 0.868. The first kappa shape index (κ1) is 11.9. The van der Waals surface area contributed by atoms with Gasteiger partial charge in [-0.1, -0.05) is 0 Å². The Morgan fingerprint density at radius 3 is 2.71 bits per heavy atom. The van der Waals surface area contributed by atoms with Gasteiger partial charge in [0.05, 0.1) is 5.56 Å². The number of hydrogen-bond acceptors (Lipinski definition) is 3. The van der Waals surface area contributed by atoms with E-state index in [1.807, 2.05) is 14.0 Å². The van der Waals surface area contributed by atoms with Crippen molar-refractivity contribution in [2.75, 3.05) is 11.9 Å². The molecular weight excluding hydrogens is 216 g/mol. The van der Waals surface area contributed by atoms with E-state index in [1.165, 1.54) is 19.0 Å². The van der Waals surface area contributed by atoms with E-state index in [1.54, 1.807) is 6.07 Å². The van der Waals surface area contributed by atoms with E-state index < -0.39 is 5.97 Å². The molecule has 1 aromatic rings. The molecule has 92 valence electrons. The van der Waals surface area contributed by atoms with Crippen LogP contribution in [-0.2, 0) is 0 Å². The fourth-order valence-electron chi connectivity index (χ4n) is 2.14. The van der Waals surface area contributed by atoms with E-state index >= 15 is 0 Å². The summed E-state index contributed by atoms with van der Waals surface area (Å²) in [5, 5.41) is 8.89. The van der Waals surface area contributed by atoms with Gasteiger partial charge in [-0.05, 0) is 44.2 Å². The second kappa shape index (κ2) is 4.35. The minimum atomic E-state index is -0.926. The van der Waals surface area contributed by atoms with Crippen molar-refractivity contribution < 1.29 is 9.90 Å². The van der Waals surface area contributed by atoms with Crippen LogP contribution in [0, 0.1) is 12.8 Å². The van der Waals surface area contributed by atoms with Crippen molar-refractivity contribution in [3.05, 3.63) is 23.4 Å². The number of carbonyl (C=O) groups is 1. The number of anilines is 1. The van der Waals surface area contributed by atoms with Crippen LogP contribution >= 0.6 is 0 Å². The normalized spacial score (nSPS) is 16.6. The topological polar surface area (TPSA) is 53.4 Å². The summed E-state index contributed by atoms with van der Waals surface area (Å²) in [6.45, 7) is 4.11. The van der Waals surface area contributed by atoms with Gasteiger partial charge in [0.25, 0.3) is 0 Å². The van der Waals surface area contributed by atoms with Gasteiger partial charge in [0.1, 0.15) is 5.82 Å². The molecule has 4 nitrogen and oxygen atoms in total. The third-order valence-electron chi connectivity index (χ3n) is 3.55. The summed E-state index contributed by atoms with van der Waals surface area (Å²) in [4.78, 5) is 17.3. The van der Waals surface area contributed by atoms with Crippen molar-refractivity contribution in [1.29, 1.82) is 0 Å². The van der Waals surface area contributed by atoms with Gasteiger partial charge >= 0.3 is 5.97 Å². The minimum absolute atomic E-state index is 0.249. The van der Waals surface area contributed by atoms with Crippen molar-refractivity contribution in [3.8, 4) is 0 Å². The third kappa shape index (κ3) is 2.40. The zero-order valence-electron chi connectivity index (χ0n) is 10.5. The van der Waals surface area contributed by atoms with Crippen LogP contribution in [-0.4, -0.2) is 29.1 Å². The molecule has 0 aliphatic heterocycles. The average molecular weight is 234 g/mol. The van der Waals surface area contributed by atoms with Crippen molar-refractivity contribution in [2.45, 2.75) is 32.7 Å². The lowest BCUT2D eigenvalue weighted by molar-refractivity contribution is 0.0696. The standard InChI is InChI=1S/C13H18N2O2/c1-8-6-11(13(16)17)7-14-12(8)15(3)9(2)10-4-5-10/h6-7,9-10H,4-5H2,1-3H3,(H,16,17). The van der Waals surface area contributed by atoms with Crippen LogP contribution < -0.4 is 4.90 Å². The molecule has 1 unspecified atom stereocenters. The third-order valence-corrected chi connectivity index (χ3v) is 3.55. The van der Waals surface area contributed by atoms with E-state index in [-0.39, 0.29) is 5.56 Å². The molecule has 1 fully saturated rings. The highest BCUT2D eigenvalue weighted by Crippen LogP contribution is 2.36. The molecule has 1 aliphatic rings. The fourth-order valence-corrected chi connectivity index (χ4v) is 2.14. The Labute approximate surface area is 101 Å². The van der Waals surface area contributed by atoms with Crippen molar-refractivity contribution >= 4 is 11.8 Å². The van der Waals surface area contributed by atoms with Crippen LogP contribution in [0.1, 0.15) is 35.7 Å². The lowest BCUT2D eigenvalue weighted by atomic mass is 10.1. The Balaban J connectivity index is 2.23. The van der Waals surface area contributed by atoms with Crippen LogP contribution in [0.3, 0.4) is 0 Å². The van der Waals surface area contributed by atoms with Gasteiger partial charge in [-0.2, -0.15) is 0 Å². The molecule has 1 saturated carbocycles. The first-order chi connectivity index (χ1) is 8.00. The number of aryl methyl sites for hydroxylation is 1. The zero-order valence-corrected chi connectivity index (χ0v) is 10.5. The summed E-state index contributed by atoms with van der Waals surface area (Å²) in [5.41, 5.74) is 1.17. The van der Waals surface area contributed by atoms with E-state index in [9.17, 15) is 4.79 Å². The Morgan fingerprint density at radius 1 is 1.59 bits per heavy atom. The Morgan fingerprint density at radius 2 is 2.24 bits per heavy atom.